The van der Waals surface area contributed by atoms with E-state index in [-0.39, 0.29) is 17.9 Å². The van der Waals surface area contributed by atoms with Crippen molar-refractivity contribution in [2.45, 2.75) is 39.2 Å². The molecule has 6 heteroatoms. The van der Waals surface area contributed by atoms with Gasteiger partial charge in [-0.2, -0.15) is 0 Å². The van der Waals surface area contributed by atoms with Crippen molar-refractivity contribution in [3.63, 3.8) is 0 Å². The van der Waals surface area contributed by atoms with Crippen LogP contribution in [0.4, 0.5) is 0 Å². The molecular weight excluding hydrogens is 330 g/mol. The first-order valence-corrected chi connectivity index (χ1v) is 9.21. The van der Waals surface area contributed by atoms with Gasteiger partial charge in [-0.05, 0) is 37.0 Å². The number of hydrogen-bond acceptors (Lipinski definition) is 3. The highest BCUT2D eigenvalue weighted by atomic mass is 16.5. The van der Waals surface area contributed by atoms with Crippen LogP contribution in [-0.4, -0.2) is 47.9 Å². The van der Waals surface area contributed by atoms with Crippen molar-refractivity contribution in [2.75, 3.05) is 20.2 Å². The zero-order chi connectivity index (χ0) is 18.7. The fourth-order valence-corrected chi connectivity index (χ4v) is 3.37. The van der Waals surface area contributed by atoms with Crippen LogP contribution in [0, 0.1) is 5.92 Å². The Morgan fingerprint density at radius 2 is 2.00 bits per heavy atom. The second kappa shape index (κ2) is 7.81. The number of piperidine rings is 1. The molecule has 0 unspecified atom stereocenters. The summed E-state index contributed by atoms with van der Waals surface area (Å²) in [4.78, 5) is 29.7. The fourth-order valence-electron chi connectivity index (χ4n) is 3.37. The number of nitrogens with zero attached hydrogens (tertiary/aromatic N) is 1. The number of aromatic nitrogens is 1. The molecule has 2 heterocycles. The summed E-state index contributed by atoms with van der Waals surface area (Å²) in [5.41, 5.74) is 1.43. The summed E-state index contributed by atoms with van der Waals surface area (Å²) < 4.78 is 5.21. The number of amides is 2. The number of H-pyrrole nitrogens is 1. The van der Waals surface area contributed by atoms with Crippen LogP contribution in [-0.2, 0) is 4.79 Å². The zero-order valence-electron chi connectivity index (χ0n) is 15.7. The number of methoxy groups -OCH3 is 1. The predicted molar refractivity (Wildman–Crippen MR) is 101 cm³/mol. The average Bonchev–Trinajstić information content (AvgIpc) is 3.05. The second-order valence-corrected chi connectivity index (χ2v) is 7.36. The number of nitrogens with one attached hydrogen (secondary N) is 2. The number of carbonyl (C=O) groups excluding carboxylic acids is 2. The maximum Gasteiger partial charge on any atom is 0.267 e. The number of hydrogen-bond donors (Lipinski definition) is 2. The van der Waals surface area contributed by atoms with Gasteiger partial charge >= 0.3 is 0 Å². The quantitative estimate of drug-likeness (QED) is 0.864. The van der Waals surface area contributed by atoms with Crippen LogP contribution in [0.5, 0.6) is 5.75 Å². The van der Waals surface area contributed by atoms with E-state index in [0.717, 1.165) is 29.5 Å². The molecule has 1 fully saturated rings. The molecule has 140 valence electrons. The largest absolute Gasteiger partial charge is 0.497 e. The van der Waals surface area contributed by atoms with Crippen LogP contribution in [0.3, 0.4) is 0 Å². The SMILES string of the molecule is COc1ccc2cc(C(=O)NC3CCN(C(=O)CC(C)C)CC3)[nH]c2c1. The Bertz CT molecular complexity index is 789. The highest BCUT2D eigenvalue weighted by Crippen LogP contribution is 2.21. The molecule has 2 amide bonds. The molecule has 3 rings (SSSR count). The minimum Gasteiger partial charge on any atom is -0.497 e. The summed E-state index contributed by atoms with van der Waals surface area (Å²) in [7, 11) is 1.62. The molecule has 0 radical (unpaired) electrons. The summed E-state index contributed by atoms with van der Waals surface area (Å²) >= 11 is 0. The van der Waals surface area contributed by atoms with E-state index in [9.17, 15) is 9.59 Å². The van der Waals surface area contributed by atoms with E-state index in [4.69, 9.17) is 4.74 Å². The van der Waals surface area contributed by atoms with Gasteiger partial charge in [-0.25, -0.2) is 0 Å². The minimum atomic E-state index is -0.105. The fraction of sp³-hybridized carbons (Fsp3) is 0.500. The molecule has 0 bridgehead atoms. The van der Waals surface area contributed by atoms with E-state index < -0.39 is 0 Å². The number of aromatic amines is 1. The van der Waals surface area contributed by atoms with Crippen LogP contribution in [0.2, 0.25) is 0 Å². The minimum absolute atomic E-state index is 0.103. The van der Waals surface area contributed by atoms with Gasteiger partial charge in [-0.15, -0.1) is 0 Å². The van der Waals surface area contributed by atoms with E-state index in [1.807, 2.05) is 29.2 Å². The van der Waals surface area contributed by atoms with Gasteiger partial charge in [0.05, 0.1) is 7.11 Å². The average molecular weight is 357 g/mol. The Morgan fingerprint density at radius 3 is 2.65 bits per heavy atom. The summed E-state index contributed by atoms with van der Waals surface area (Å²) in [6.45, 7) is 5.53. The standard InChI is InChI=1S/C20H27N3O3/c1-13(2)10-19(24)23-8-6-15(7-9-23)21-20(25)18-11-14-4-5-16(26-3)12-17(14)22-18/h4-5,11-13,15,22H,6-10H2,1-3H3,(H,21,25). The molecule has 26 heavy (non-hydrogen) atoms. The molecule has 0 saturated carbocycles. The molecule has 1 aliphatic rings. The summed E-state index contributed by atoms with van der Waals surface area (Å²) in [6.07, 6.45) is 2.18. The molecule has 6 nitrogen and oxygen atoms in total. The van der Waals surface area contributed by atoms with Crippen molar-refractivity contribution in [2.24, 2.45) is 5.92 Å². The van der Waals surface area contributed by atoms with Gasteiger partial charge < -0.3 is 19.9 Å². The van der Waals surface area contributed by atoms with Gasteiger partial charge in [-0.3, -0.25) is 9.59 Å². The smallest absolute Gasteiger partial charge is 0.267 e. The first-order valence-electron chi connectivity index (χ1n) is 9.21. The Kier molecular flexibility index (Phi) is 5.49. The number of benzene rings is 1. The first-order chi connectivity index (χ1) is 12.5. The molecule has 1 aliphatic heterocycles. The van der Waals surface area contributed by atoms with Gasteiger partial charge in [-0.1, -0.05) is 13.8 Å². The Balaban J connectivity index is 1.57. The summed E-state index contributed by atoms with van der Waals surface area (Å²) in [5, 5.41) is 4.06. The molecular formula is C20H27N3O3. The van der Waals surface area contributed by atoms with E-state index in [1.54, 1.807) is 7.11 Å². The van der Waals surface area contributed by atoms with Gasteiger partial charge in [0.2, 0.25) is 5.91 Å². The van der Waals surface area contributed by atoms with Crippen molar-refractivity contribution < 1.29 is 14.3 Å². The molecule has 1 aromatic carbocycles. The van der Waals surface area contributed by atoms with Crippen molar-refractivity contribution in [1.29, 1.82) is 0 Å². The summed E-state index contributed by atoms with van der Waals surface area (Å²) in [5.74, 6) is 1.24. The van der Waals surface area contributed by atoms with Crippen molar-refractivity contribution in [3.05, 3.63) is 30.0 Å². The van der Waals surface area contributed by atoms with Crippen LogP contribution in [0.15, 0.2) is 24.3 Å². The van der Waals surface area contributed by atoms with Crippen molar-refractivity contribution >= 4 is 22.7 Å². The lowest BCUT2D eigenvalue weighted by atomic mass is 10.0. The zero-order valence-corrected chi connectivity index (χ0v) is 15.7. The number of likely N-dealkylation sites (tertiary alicyclic amines) is 1. The number of rotatable bonds is 5. The maximum absolute atomic E-state index is 12.5. The lowest BCUT2D eigenvalue weighted by Crippen LogP contribution is -2.46. The second-order valence-electron chi connectivity index (χ2n) is 7.36. The molecule has 1 aromatic heterocycles. The first kappa shape index (κ1) is 18.3. The van der Waals surface area contributed by atoms with Crippen LogP contribution in [0.1, 0.15) is 43.6 Å². The third kappa shape index (κ3) is 4.18. The monoisotopic (exact) mass is 357 g/mol. The molecule has 2 aromatic rings. The Labute approximate surface area is 153 Å². The van der Waals surface area contributed by atoms with Gasteiger partial charge in [0.1, 0.15) is 11.4 Å². The molecule has 2 N–H and O–H groups in total. The summed E-state index contributed by atoms with van der Waals surface area (Å²) in [6, 6.07) is 7.64. The topological polar surface area (TPSA) is 74.4 Å². The van der Waals surface area contributed by atoms with Crippen LogP contribution >= 0.6 is 0 Å². The van der Waals surface area contributed by atoms with E-state index in [1.165, 1.54) is 0 Å². The van der Waals surface area contributed by atoms with Gasteiger partial charge in [0.25, 0.3) is 5.91 Å². The maximum atomic E-state index is 12.5. The van der Waals surface area contributed by atoms with Crippen molar-refractivity contribution in [1.82, 2.24) is 15.2 Å². The number of ether oxygens (including phenoxy) is 1. The third-order valence-electron chi connectivity index (χ3n) is 4.84. The van der Waals surface area contributed by atoms with Crippen molar-refractivity contribution in [3.8, 4) is 5.75 Å². The lowest BCUT2D eigenvalue weighted by Gasteiger charge is -2.32. The van der Waals surface area contributed by atoms with Gasteiger partial charge in [0, 0.05) is 42.5 Å². The van der Waals surface area contributed by atoms with Crippen LogP contribution in [0.25, 0.3) is 10.9 Å². The normalized spacial score (nSPS) is 15.5. The van der Waals surface area contributed by atoms with Crippen LogP contribution < -0.4 is 10.1 Å². The number of carbonyl (C=O) groups is 2. The van der Waals surface area contributed by atoms with E-state index >= 15 is 0 Å². The molecule has 0 spiro atoms. The van der Waals surface area contributed by atoms with Gasteiger partial charge in [0.15, 0.2) is 0 Å². The Morgan fingerprint density at radius 1 is 1.27 bits per heavy atom. The lowest BCUT2D eigenvalue weighted by molar-refractivity contribution is -0.133. The van der Waals surface area contributed by atoms with E-state index in [2.05, 4.69) is 24.1 Å². The third-order valence-corrected chi connectivity index (χ3v) is 4.84. The molecule has 0 atom stereocenters. The highest BCUT2D eigenvalue weighted by molar-refractivity contribution is 5.98. The molecule has 0 aliphatic carbocycles. The number of fused-ring (bicyclic) bond motifs is 1. The molecule has 1 saturated heterocycles. The Hall–Kier alpha value is -2.50. The predicted octanol–water partition coefficient (Wildman–Crippen LogP) is 2.94. The highest BCUT2D eigenvalue weighted by Gasteiger charge is 2.24. The van der Waals surface area contributed by atoms with E-state index in [0.29, 0.717) is 31.1 Å².